The molecule has 0 aromatic heterocycles. The lowest BCUT2D eigenvalue weighted by molar-refractivity contribution is -0.121. The Morgan fingerprint density at radius 1 is 1.28 bits per heavy atom. The number of carbonyl (C=O) groups is 2. The number of likely N-dealkylation sites (N-methyl/N-ethyl adjacent to an activating group) is 1. The fourth-order valence-corrected chi connectivity index (χ4v) is 1.42. The minimum absolute atomic E-state index is 0.0278. The van der Waals surface area contributed by atoms with Crippen LogP contribution in [0.4, 0.5) is 5.69 Å². The summed E-state index contributed by atoms with van der Waals surface area (Å²) in [4.78, 5) is 22.8. The predicted molar refractivity (Wildman–Crippen MR) is 70.2 cm³/mol. The van der Waals surface area contributed by atoms with Crippen LogP contribution < -0.4 is 10.6 Å². The summed E-state index contributed by atoms with van der Waals surface area (Å²) in [6.07, 6.45) is 0. The molecule has 18 heavy (non-hydrogen) atoms. The highest BCUT2D eigenvalue weighted by Crippen LogP contribution is 2.20. The van der Waals surface area contributed by atoms with Gasteiger partial charge < -0.3 is 15.7 Å². The summed E-state index contributed by atoms with van der Waals surface area (Å²) in [6.45, 7) is 3.43. The standard InChI is InChI=1S/C12H15ClN2O3/c1-12(2,14-3)11(18)15-9-5-7(10(16)17)4-8(13)6-9/h4-6,14H,1-3H3,(H,15,18)(H,16,17). The largest absolute Gasteiger partial charge is 0.478 e. The molecule has 98 valence electrons. The van der Waals surface area contributed by atoms with Crippen molar-refractivity contribution in [1.82, 2.24) is 5.32 Å². The first-order chi connectivity index (χ1) is 8.26. The Morgan fingerprint density at radius 2 is 1.89 bits per heavy atom. The number of benzene rings is 1. The van der Waals surface area contributed by atoms with Crippen LogP contribution in [-0.4, -0.2) is 29.6 Å². The molecule has 1 aromatic carbocycles. The van der Waals surface area contributed by atoms with E-state index in [1.54, 1.807) is 20.9 Å². The van der Waals surface area contributed by atoms with Crippen LogP contribution in [0, 0.1) is 0 Å². The van der Waals surface area contributed by atoms with E-state index in [-0.39, 0.29) is 16.5 Å². The molecule has 0 saturated heterocycles. The van der Waals surface area contributed by atoms with Crippen molar-refractivity contribution in [3.05, 3.63) is 28.8 Å². The van der Waals surface area contributed by atoms with E-state index in [1.165, 1.54) is 18.2 Å². The third-order valence-corrected chi connectivity index (χ3v) is 2.81. The van der Waals surface area contributed by atoms with Gasteiger partial charge in [0, 0.05) is 10.7 Å². The van der Waals surface area contributed by atoms with Gasteiger partial charge >= 0.3 is 5.97 Å². The highest BCUT2D eigenvalue weighted by Gasteiger charge is 2.25. The summed E-state index contributed by atoms with van der Waals surface area (Å²) in [7, 11) is 1.67. The lowest BCUT2D eigenvalue weighted by Crippen LogP contribution is -2.47. The molecular formula is C12H15ClN2O3. The number of anilines is 1. The van der Waals surface area contributed by atoms with E-state index in [0.717, 1.165) is 0 Å². The monoisotopic (exact) mass is 270 g/mol. The average molecular weight is 271 g/mol. The summed E-state index contributed by atoms with van der Waals surface area (Å²) in [5, 5.41) is 14.6. The van der Waals surface area contributed by atoms with Gasteiger partial charge in [0.25, 0.3) is 0 Å². The van der Waals surface area contributed by atoms with E-state index in [2.05, 4.69) is 10.6 Å². The molecule has 0 saturated carbocycles. The van der Waals surface area contributed by atoms with Crippen LogP contribution in [0.1, 0.15) is 24.2 Å². The second-order valence-corrected chi connectivity index (χ2v) is 4.80. The molecule has 1 aromatic rings. The van der Waals surface area contributed by atoms with Crippen molar-refractivity contribution in [2.45, 2.75) is 19.4 Å². The molecule has 1 rings (SSSR count). The van der Waals surface area contributed by atoms with Gasteiger partial charge in [-0.2, -0.15) is 0 Å². The van der Waals surface area contributed by atoms with Crippen molar-refractivity contribution in [3.63, 3.8) is 0 Å². The lowest BCUT2D eigenvalue weighted by atomic mass is 10.0. The predicted octanol–water partition coefficient (Wildman–Crippen LogP) is 1.97. The number of rotatable bonds is 4. The Kier molecular flexibility index (Phi) is 4.32. The zero-order valence-corrected chi connectivity index (χ0v) is 11.1. The molecule has 0 aliphatic rings. The zero-order chi connectivity index (χ0) is 13.9. The molecule has 0 aliphatic heterocycles. The van der Waals surface area contributed by atoms with Crippen molar-refractivity contribution in [2.75, 3.05) is 12.4 Å². The molecule has 0 bridgehead atoms. The van der Waals surface area contributed by atoms with Gasteiger partial charge in [-0.05, 0) is 39.1 Å². The van der Waals surface area contributed by atoms with Crippen LogP contribution in [0.2, 0.25) is 5.02 Å². The lowest BCUT2D eigenvalue weighted by Gasteiger charge is -2.22. The average Bonchev–Trinajstić information content (AvgIpc) is 2.28. The number of amides is 1. The second kappa shape index (κ2) is 5.37. The van der Waals surface area contributed by atoms with E-state index in [4.69, 9.17) is 16.7 Å². The van der Waals surface area contributed by atoms with Gasteiger partial charge in [-0.3, -0.25) is 4.79 Å². The van der Waals surface area contributed by atoms with Crippen molar-refractivity contribution in [1.29, 1.82) is 0 Å². The van der Waals surface area contributed by atoms with Crippen molar-refractivity contribution in [2.24, 2.45) is 0 Å². The van der Waals surface area contributed by atoms with Gasteiger partial charge in [-0.15, -0.1) is 0 Å². The fourth-order valence-electron chi connectivity index (χ4n) is 1.19. The minimum Gasteiger partial charge on any atom is -0.478 e. The van der Waals surface area contributed by atoms with Crippen molar-refractivity contribution < 1.29 is 14.7 Å². The fraction of sp³-hybridized carbons (Fsp3) is 0.333. The van der Waals surface area contributed by atoms with E-state index < -0.39 is 11.5 Å². The Hall–Kier alpha value is -1.59. The molecule has 0 atom stereocenters. The minimum atomic E-state index is -1.10. The molecule has 0 spiro atoms. The quantitative estimate of drug-likeness (QED) is 0.782. The summed E-state index contributed by atoms with van der Waals surface area (Å²) < 4.78 is 0. The first-order valence-corrected chi connectivity index (χ1v) is 5.68. The zero-order valence-electron chi connectivity index (χ0n) is 10.4. The molecule has 0 aliphatic carbocycles. The highest BCUT2D eigenvalue weighted by atomic mass is 35.5. The third-order valence-electron chi connectivity index (χ3n) is 2.60. The van der Waals surface area contributed by atoms with Crippen LogP contribution in [0.25, 0.3) is 0 Å². The van der Waals surface area contributed by atoms with E-state index in [9.17, 15) is 9.59 Å². The maximum Gasteiger partial charge on any atom is 0.335 e. The summed E-state index contributed by atoms with van der Waals surface area (Å²) in [5.41, 5.74) is -0.376. The number of halogens is 1. The van der Waals surface area contributed by atoms with Crippen LogP contribution in [0.15, 0.2) is 18.2 Å². The molecule has 3 N–H and O–H groups in total. The first-order valence-electron chi connectivity index (χ1n) is 5.30. The van der Waals surface area contributed by atoms with Gasteiger partial charge in [-0.25, -0.2) is 4.79 Å². The molecule has 5 nitrogen and oxygen atoms in total. The first kappa shape index (κ1) is 14.5. The number of aromatic carboxylic acids is 1. The smallest absolute Gasteiger partial charge is 0.335 e. The molecule has 6 heteroatoms. The second-order valence-electron chi connectivity index (χ2n) is 4.36. The number of hydrogen-bond acceptors (Lipinski definition) is 3. The van der Waals surface area contributed by atoms with E-state index in [0.29, 0.717) is 5.69 Å². The number of carboxylic acid groups (broad SMARTS) is 1. The Labute approximate surface area is 110 Å². The van der Waals surface area contributed by atoms with Gasteiger partial charge in [0.05, 0.1) is 11.1 Å². The molecule has 0 unspecified atom stereocenters. The Morgan fingerprint density at radius 3 is 2.39 bits per heavy atom. The van der Waals surface area contributed by atoms with Crippen LogP contribution in [0.3, 0.4) is 0 Å². The maximum absolute atomic E-state index is 11.9. The molecule has 0 fully saturated rings. The molecular weight excluding hydrogens is 256 g/mol. The van der Waals surface area contributed by atoms with Gasteiger partial charge in [0.1, 0.15) is 0 Å². The van der Waals surface area contributed by atoms with Gasteiger partial charge in [-0.1, -0.05) is 11.6 Å². The molecule has 0 radical (unpaired) electrons. The summed E-state index contributed by atoms with van der Waals surface area (Å²) in [5.74, 6) is -1.37. The van der Waals surface area contributed by atoms with Crippen molar-refractivity contribution >= 4 is 29.2 Å². The van der Waals surface area contributed by atoms with Crippen LogP contribution in [-0.2, 0) is 4.79 Å². The topological polar surface area (TPSA) is 78.4 Å². The highest BCUT2D eigenvalue weighted by molar-refractivity contribution is 6.31. The number of hydrogen-bond donors (Lipinski definition) is 3. The normalized spacial score (nSPS) is 11.1. The maximum atomic E-state index is 11.9. The number of carboxylic acids is 1. The molecule has 1 amide bonds. The number of carbonyl (C=O) groups excluding carboxylic acids is 1. The third kappa shape index (κ3) is 3.45. The molecule has 0 heterocycles. The SMILES string of the molecule is CNC(C)(C)C(=O)Nc1cc(Cl)cc(C(=O)O)c1. The van der Waals surface area contributed by atoms with E-state index in [1.807, 2.05) is 0 Å². The van der Waals surface area contributed by atoms with Crippen molar-refractivity contribution in [3.8, 4) is 0 Å². The summed E-state index contributed by atoms with van der Waals surface area (Å²) >= 11 is 5.80. The van der Waals surface area contributed by atoms with Gasteiger partial charge in [0.15, 0.2) is 0 Å². The number of nitrogens with one attached hydrogen (secondary N) is 2. The van der Waals surface area contributed by atoms with Gasteiger partial charge in [0.2, 0.25) is 5.91 Å². The van der Waals surface area contributed by atoms with Crippen LogP contribution in [0.5, 0.6) is 0 Å². The Balaban J connectivity index is 2.98. The van der Waals surface area contributed by atoms with E-state index >= 15 is 0 Å². The summed E-state index contributed by atoms with van der Waals surface area (Å²) in [6, 6.07) is 4.18. The Bertz CT molecular complexity index is 486. The van der Waals surface area contributed by atoms with Crippen LogP contribution >= 0.6 is 11.6 Å².